The van der Waals surface area contributed by atoms with Crippen molar-refractivity contribution in [1.29, 1.82) is 0 Å². The van der Waals surface area contributed by atoms with Crippen LogP contribution in [0.5, 0.6) is 0 Å². The molecule has 0 bridgehead atoms. The summed E-state index contributed by atoms with van der Waals surface area (Å²) in [5.74, 6) is 0.224. The van der Waals surface area contributed by atoms with Crippen LogP contribution in [0.15, 0.2) is 98.9 Å². The molecule has 13 nitrogen and oxygen atoms in total. The maximum Gasteiger partial charge on any atom is 0.240 e. The zero-order valence-corrected chi connectivity index (χ0v) is 27.2. The molecule has 16 heteroatoms. The van der Waals surface area contributed by atoms with Gasteiger partial charge in [-0.25, -0.2) is 30.7 Å². The Bertz CT molecular complexity index is 1840. The van der Waals surface area contributed by atoms with Crippen molar-refractivity contribution >= 4 is 54.7 Å². The molecule has 4 aromatic rings. The minimum Gasteiger partial charge on any atom is -0.324 e. The first-order valence-corrected chi connectivity index (χ1v) is 17.1. The van der Waals surface area contributed by atoms with Crippen molar-refractivity contribution in [2.24, 2.45) is 10.2 Å². The quantitative estimate of drug-likeness (QED) is 0.0947. The second-order valence-corrected chi connectivity index (χ2v) is 13.3. The van der Waals surface area contributed by atoms with E-state index < -0.39 is 25.9 Å². The van der Waals surface area contributed by atoms with Crippen LogP contribution in [0.2, 0.25) is 0 Å². The Kier molecular flexibility index (Phi) is 11.1. The molecule has 4 rings (SSSR count). The minimum absolute atomic E-state index is 0.120. The summed E-state index contributed by atoms with van der Waals surface area (Å²) in [5.41, 5.74) is 8.63. The lowest BCUT2D eigenvalue weighted by Crippen LogP contribution is -2.23. The first-order valence-electron chi connectivity index (χ1n) is 14.1. The lowest BCUT2D eigenvalue weighted by atomic mass is 10.1. The highest BCUT2D eigenvalue weighted by atomic mass is 32.2. The van der Waals surface area contributed by atoms with E-state index in [1.165, 1.54) is 36.4 Å². The second kappa shape index (κ2) is 15.0. The van der Waals surface area contributed by atoms with E-state index in [0.717, 1.165) is 0 Å². The van der Waals surface area contributed by atoms with Gasteiger partial charge < -0.3 is 5.32 Å². The summed E-state index contributed by atoms with van der Waals surface area (Å²) in [6, 6.07) is 19.9. The third kappa shape index (κ3) is 9.13. The zero-order chi connectivity index (χ0) is 33.3. The molecular formula is C30H34FN9O4S2. The number of hydrazone groups is 2. The van der Waals surface area contributed by atoms with Gasteiger partial charge in [0.05, 0.1) is 21.2 Å². The molecule has 0 aliphatic heterocycles. The summed E-state index contributed by atoms with van der Waals surface area (Å²) in [6.07, 6.45) is 0. The van der Waals surface area contributed by atoms with Crippen LogP contribution in [0.25, 0.3) is 0 Å². The normalized spacial score (nSPS) is 12.5. The fourth-order valence-electron chi connectivity index (χ4n) is 4.02. The van der Waals surface area contributed by atoms with Gasteiger partial charge in [-0.05, 0) is 67.4 Å². The predicted molar refractivity (Wildman–Crippen MR) is 178 cm³/mol. The molecule has 0 amide bonds. The van der Waals surface area contributed by atoms with Crippen molar-refractivity contribution in [1.82, 2.24) is 19.4 Å². The Labute approximate surface area is 267 Å². The first kappa shape index (κ1) is 34.1. The molecule has 242 valence electrons. The topological polar surface area (TPSA) is 179 Å². The highest BCUT2D eigenvalue weighted by Gasteiger charge is 2.14. The molecule has 0 aliphatic rings. The Morgan fingerprint density at radius 2 is 1.15 bits per heavy atom. The fraction of sp³-hybridized carbons (Fsp3) is 0.200. The largest absolute Gasteiger partial charge is 0.324 e. The van der Waals surface area contributed by atoms with Gasteiger partial charge in [-0.3, -0.25) is 10.9 Å². The van der Waals surface area contributed by atoms with Gasteiger partial charge in [0.2, 0.25) is 26.0 Å². The van der Waals surface area contributed by atoms with Crippen molar-refractivity contribution in [3.05, 3.63) is 95.8 Å². The van der Waals surface area contributed by atoms with Gasteiger partial charge in [0.25, 0.3) is 0 Å². The van der Waals surface area contributed by atoms with Gasteiger partial charge >= 0.3 is 0 Å². The molecule has 1 aromatic heterocycles. The van der Waals surface area contributed by atoms with E-state index in [9.17, 15) is 21.2 Å². The minimum atomic E-state index is -3.58. The fourth-order valence-corrected chi connectivity index (χ4v) is 6.10. The van der Waals surface area contributed by atoms with E-state index in [2.05, 4.69) is 45.8 Å². The number of sulfonamides is 2. The van der Waals surface area contributed by atoms with Crippen LogP contribution in [0.4, 0.5) is 27.7 Å². The number of nitrogens with zero attached hydrogens (tertiary/aromatic N) is 4. The Balaban J connectivity index is 1.57. The van der Waals surface area contributed by atoms with Crippen LogP contribution in [0, 0.1) is 5.82 Å². The molecule has 3 aromatic carbocycles. The van der Waals surface area contributed by atoms with E-state index in [4.69, 9.17) is 0 Å². The third-order valence-electron chi connectivity index (χ3n) is 6.32. The summed E-state index contributed by atoms with van der Waals surface area (Å²) in [6.45, 7) is 7.46. The van der Waals surface area contributed by atoms with Crippen molar-refractivity contribution in [3.8, 4) is 0 Å². The second-order valence-electron chi connectivity index (χ2n) is 9.77. The summed E-state index contributed by atoms with van der Waals surface area (Å²) < 4.78 is 67.7. The zero-order valence-electron chi connectivity index (χ0n) is 25.5. The van der Waals surface area contributed by atoms with E-state index in [-0.39, 0.29) is 40.5 Å². The van der Waals surface area contributed by atoms with Crippen LogP contribution in [-0.2, 0) is 20.0 Å². The smallest absolute Gasteiger partial charge is 0.240 e. The monoisotopic (exact) mass is 667 g/mol. The van der Waals surface area contributed by atoms with E-state index >= 15 is 0 Å². The van der Waals surface area contributed by atoms with Crippen molar-refractivity contribution < 1.29 is 21.2 Å². The number of anilines is 4. The van der Waals surface area contributed by atoms with Gasteiger partial charge in [0.15, 0.2) is 11.6 Å². The van der Waals surface area contributed by atoms with E-state index in [0.29, 0.717) is 28.2 Å². The maximum absolute atomic E-state index is 13.8. The van der Waals surface area contributed by atoms with Gasteiger partial charge in [-0.15, -0.1) is 0 Å². The van der Waals surface area contributed by atoms with Crippen molar-refractivity contribution in [2.45, 2.75) is 37.5 Å². The average molecular weight is 668 g/mol. The third-order valence-corrected chi connectivity index (χ3v) is 9.44. The lowest BCUT2D eigenvalue weighted by molar-refractivity contribution is 0.582. The number of benzene rings is 3. The van der Waals surface area contributed by atoms with Crippen LogP contribution < -0.4 is 25.6 Å². The Morgan fingerprint density at radius 3 is 1.57 bits per heavy atom. The molecule has 0 unspecified atom stereocenters. The number of hydrogen-bond donors (Lipinski definition) is 5. The van der Waals surface area contributed by atoms with Gasteiger partial charge in [0.1, 0.15) is 5.82 Å². The highest BCUT2D eigenvalue weighted by Crippen LogP contribution is 2.20. The average Bonchev–Trinajstić information content (AvgIpc) is 3.02. The Morgan fingerprint density at radius 1 is 0.696 bits per heavy atom. The molecule has 0 saturated heterocycles. The van der Waals surface area contributed by atoms with Crippen LogP contribution in [-0.4, -0.2) is 51.3 Å². The predicted octanol–water partition coefficient (Wildman–Crippen LogP) is 4.63. The number of hydrogen-bond acceptors (Lipinski definition) is 11. The molecule has 0 radical (unpaired) electrons. The first-order chi connectivity index (χ1) is 21.9. The molecular weight excluding hydrogens is 634 g/mol. The molecule has 0 atom stereocenters. The van der Waals surface area contributed by atoms with Crippen LogP contribution in [0.3, 0.4) is 0 Å². The standard InChI is InChI=1S/C30H34FN9O4S2/c1-5-32-45(41,42)26-14-10-22(11-15-26)20(3)37-39-28-19-29(36-30(35-28)34-25-9-7-8-24(31)18-25)40-38-21(4)23-12-16-27(17-13-23)46(43,44)33-6-2/h7-19,32-33H,5-6H2,1-4H3,(H3,34,35,36,39,40). The summed E-state index contributed by atoms with van der Waals surface area (Å²) in [7, 11) is -7.17. The molecule has 1 heterocycles. The molecule has 0 saturated carbocycles. The van der Waals surface area contributed by atoms with Crippen LogP contribution >= 0.6 is 0 Å². The lowest BCUT2D eigenvalue weighted by Gasteiger charge is -2.11. The van der Waals surface area contributed by atoms with Gasteiger partial charge in [0, 0.05) is 24.8 Å². The molecule has 0 fully saturated rings. The number of halogens is 1. The SMILES string of the molecule is CCNS(=O)(=O)c1ccc(C(C)=NNc2cc(NN=C(C)c3ccc(S(=O)(=O)NCC)cc3)nc(Nc3cccc(F)c3)n2)cc1. The number of rotatable bonds is 14. The van der Waals surface area contributed by atoms with Gasteiger partial charge in [-0.2, -0.15) is 20.2 Å². The number of nitrogens with one attached hydrogen (secondary N) is 5. The Hall–Kier alpha value is -4.77. The summed E-state index contributed by atoms with van der Waals surface area (Å²) in [5, 5.41) is 11.7. The molecule has 0 aliphatic carbocycles. The van der Waals surface area contributed by atoms with Crippen molar-refractivity contribution in [3.63, 3.8) is 0 Å². The molecule has 46 heavy (non-hydrogen) atoms. The molecule has 5 N–H and O–H groups in total. The maximum atomic E-state index is 13.8. The van der Waals surface area contributed by atoms with E-state index in [1.807, 2.05) is 0 Å². The van der Waals surface area contributed by atoms with Crippen molar-refractivity contribution in [2.75, 3.05) is 29.3 Å². The molecule has 0 spiro atoms. The van der Waals surface area contributed by atoms with E-state index in [1.54, 1.807) is 70.2 Å². The number of aromatic nitrogens is 2. The highest BCUT2D eigenvalue weighted by molar-refractivity contribution is 7.89. The van der Waals surface area contributed by atoms with Crippen LogP contribution in [0.1, 0.15) is 38.8 Å². The summed E-state index contributed by atoms with van der Waals surface area (Å²) in [4.78, 5) is 9.13. The summed E-state index contributed by atoms with van der Waals surface area (Å²) >= 11 is 0. The van der Waals surface area contributed by atoms with Gasteiger partial charge in [-0.1, -0.05) is 44.2 Å².